The number of nitrogens with one attached hydrogen (secondary N) is 2. The van der Waals surface area contributed by atoms with Crippen molar-refractivity contribution in [1.29, 1.82) is 0 Å². The molecule has 2 aromatic heterocycles. The first-order valence-corrected chi connectivity index (χ1v) is 5.80. The minimum atomic E-state index is -0.611. The molecule has 0 atom stereocenters. The van der Waals surface area contributed by atoms with E-state index in [0.717, 1.165) is 0 Å². The quantitative estimate of drug-likeness (QED) is 0.386. The van der Waals surface area contributed by atoms with Crippen molar-refractivity contribution in [1.82, 2.24) is 19.9 Å². The van der Waals surface area contributed by atoms with Gasteiger partial charge in [-0.3, -0.25) is 4.21 Å². The van der Waals surface area contributed by atoms with Crippen molar-refractivity contribution in [2.75, 3.05) is 12.5 Å². The summed E-state index contributed by atoms with van der Waals surface area (Å²) in [5.41, 5.74) is 0. The fraction of sp³-hybridized carbons (Fsp3) is 0.250. The summed E-state index contributed by atoms with van der Waals surface area (Å²) >= 11 is 0. The fourth-order valence-electron chi connectivity index (χ4n) is 0.430. The summed E-state index contributed by atoms with van der Waals surface area (Å²) in [5, 5.41) is 0. The van der Waals surface area contributed by atoms with Crippen LogP contribution in [0.4, 0.5) is 0 Å². The zero-order valence-electron chi connectivity index (χ0n) is 10.0. The van der Waals surface area contributed by atoms with Gasteiger partial charge in [-0.25, -0.2) is 9.97 Å². The number of imidazole rings is 2. The van der Waals surface area contributed by atoms with Crippen molar-refractivity contribution in [3.8, 4) is 0 Å². The molecule has 0 saturated carbocycles. The molecule has 115 valence electrons. The Hall–Kier alpha value is 0.353. The second-order valence-electron chi connectivity index (χ2n) is 2.26. The molecule has 2 aromatic rings. The molecule has 19 heavy (non-hydrogen) atoms. The normalized spacial score (nSPS) is 6.05. The van der Waals surface area contributed by atoms with Crippen molar-refractivity contribution in [2.24, 2.45) is 0 Å². The van der Waals surface area contributed by atoms with Gasteiger partial charge in [0.1, 0.15) is 0 Å². The van der Waals surface area contributed by atoms with E-state index in [0.29, 0.717) is 0 Å². The van der Waals surface area contributed by atoms with E-state index in [1.165, 1.54) is 0 Å². The van der Waals surface area contributed by atoms with E-state index in [-0.39, 0.29) is 69.1 Å². The number of H-pyrrole nitrogens is 2. The van der Waals surface area contributed by atoms with Crippen LogP contribution in [0.1, 0.15) is 0 Å². The molecule has 0 bridgehead atoms. The van der Waals surface area contributed by atoms with Gasteiger partial charge >= 0.3 is 19.5 Å². The number of nitrogens with zero attached hydrogens (tertiary/aromatic N) is 2. The summed E-state index contributed by atoms with van der Waals surface area (Å²) in [4.78, 5) is 12.8. The molecule has 2 rings (SSSR count). The molecule has 2 heterocycles. The molecule has 2 N–H and O–H groups in total. The fourth-order valence-corrected chi connectivity index (χ4v) is 0.430. The van der Waals surface area contributed by atoms with Crippen LogP contribution < -0.4 is 49.6 Å². The zero-order chi connectivity index (χ0) is 10.6. The first-order chi connectivity index (χ1) is 6.73. The molecule has 0 aliphatic rings. The van der Waals surface area contributed by atoms with Crippen LogP contribution in [0.25, 0.3) is 0 Å². The first-order valence-electron chi connectivity index (χ1n) is 3.84. The van der Waals surface area contributed by atoms with E-state index in [1.54, 1.807) is 50.0 Å². The number of aromatic nitrogens is 4. The number of aromatic amines is 2. The third kappa shape index (κ3) is 45.8. The van der Waals surface area contributed by atoms with Gasteiger partial charge in [0, 0.05) is 48.1 Å². The second-order valence-corrected chi connectivity index (χ2v) is 3.75. The summed E-state index contributed by atoms with van der Waals surface area (Å²) in [6.07, 6.45) is 13.4. The molecular weight excluding hydrogens is 443 g/mol. The van der Waals surface area contributed by atoms with Crippen molar-refractivity contribution >= 4 is 10.8 Å². The van der Waals surface area contributed by atoms with Crippen LogP contribution >= 0.6 is 0 Å². The van der Waals surface area contributed by atoms with E-state index in [2.05, 4.69) is 19.9 Å². The van der Waals surface area contributed by atoms with Gasteiger partial charge in [0.2, 0.25) is 0 Å². The Morgan fingerprint density at radius 1 is 0.842 bits per heavy atom. The Kier molecular flexibility index (Phi) is 59.6. The molecular formula is C8H14Cl4N4ORuS-. The Morgan fingerprint density at radius 3 is 1.16 bits per heavy atom. The van der Waals surface area contributed by atoms with Crippen molar-refractivity contribution in [2.45, 2.75) is 0 Å². The van der Waals surface area contributed by atoms with E-state index in [1.807, 2.05) is 0 Å². The summed E-state index contributed by atoms with van der Waals surface area (Å²) in [7, 11) is -0.611. The van der Waals surface area contributed by atoms with Gasteiger partial charge in [-0.15, -0.1) is 0 Å². The Morgan fingerprint density at radius 2 is 1.11 bits per heavy atom. The maximum absolute atomic E-state index is 9.56. The van der Waals surface area contributed by atoms with Gasteiger partial charge in [0.05, 0.1) is 12.7 Å². The summed E-state index contributed by atoms with van der Waals surface area (Å²) < 4.78 is 9.56. The zero-order valence-corrected chi connectivity index (χ0v) is 15.6. The Bertz CT molecular complexity index is 248. The SMILES string of the molecule is CS(C)=O.[Cl-].[Cl-].[Cl-].[Cl-].[Ru+3].c1c[nH]cn1.c1c[nH]cn1. The molecule has 1 radical (unpaired) electrons. The van der Waals surface area contributed by atoms with Crippen LogP contribution in [0.2, 0.25) is 0 Å². The molecule has 0 aliphatic heterocycles. The van der Waals surface area contributed by atoms with Crippen LogP contribution in [0.5, 0.6) is 0 Å². The van der Waals surface area contributed by atoms with Gasteiger partial charge in [-0.05, 0) is 0 Å². The van der Waals surface area contributed by atoms with E-state index >= 15 is 0 Å². The van der Waals surface area contributed by atoms with Crippen molar-refractivity contribution in [3.05, 3.63) is 37.4 Å². The molecule has 0 aliphatic carbocycles. The van der Waals surface area contributed by atoms with Gasteiger partial charge < -0.3 is 59.6 Å². The Balaban J connectivity index is -0.0000000297. The maximum Gasteiger partial charge on any atom is 3.00 e. The molecule has 0 aromatic carbocycles. The minimum absolute atomic E-state index is 0. The number of rotatable bonds is 0. The molecule has 11 heteroatoms. The predicted octanol–water partition coefficient (Wildman–Crippen LogP) is -11.2. The van der Waals surface area contributed by atoms with Crippen molar-refractivity contribution < 1.29 is 73.3 Å². The predicted molar refractivity (Wildman–Crippen MR) is 57.2 cm³/mol. The van der Waals surface area contributed by atoms with Gasteiger partial charge in [-0.1, -0.05) is 0 Å². The topological polar surface area (TPSA) is 74.4 Å². The van der Waals surface area contributed by atoms with Crippen LogP contribution in [0.15, 0.2) is 37.4 Å². The van der Waals surface area contributed by atoms with Gasteiger partial charge in [0.25, 0.3) is 0 Å². The average Bonchev–Trinajstić information content (AvgIpc) is 2.83. The third-order valence-electron chi connectivity index (χ3n) is 0.812. The molecule has 0 fully saturated rings. The second kappa shape index (κ2) is 31.0. The molecule has 0 spiro atoms. The van der Waals surface area contributed by atoms with E-state index in [9.17, 15) is 4.21 Å². The Labute approximate surface area is 153 Å². The first kappa shape index (κ1) is 36.6. The third-order valence-corrected chi connectivity index (χ3v) is 0.812. The van der Waals surface area contributed by atoms with Gasteiger partial charge in [0.15, 0.2) is 0 Å². The van der Waals surface area contributed by atoms with Crippen LogP contribution in [0.3, 0.4) is 0 Å². The monoisotopic (exact) mass is 456 g/mol. The smallest absolute Gasteiger partial charge is 1.00 e. The van der Waals surface area contributed by atoms with Crippen LogP contribution in [-0.2, 0) is 30.3 Å². The summed E-state index contributed by atoms with van der Waals surface area (Å²) in [5.74, 6) is 0. The summed E-state index contributed by atoms with van der Waals surface area (Å²) in [6.45, 7) is 0. The van der Waals surface area contributed by atoms with E-state index in [4.69, 9.17) is 0 Å². The number of hydrogen-bond donors (Lipinski definition) is 2. The largest absolute Gasteiger partial charge is 3.00 e. The van der Waals surface area contributed by atoms with E-state index < -0.39 is 10.8 Å². The molecule has 5 nitrogen and oxygen atoms in total. The van der Waals surface area contributed by atoms with Crippen LogP contribution in [0, 0.1) is 0 Å². The summed E-state index contributed by atoms with van der Waals surface area (Å²) in [6, 6.07) is 0. The van der Waals surface area contributed by atoms with Crippen LogP contribution in [-0.4, -0.2) is 36.7 Å². The maximum atomic E-state index is 9.56. The molecule has 0 saturated heterocycles. The molecule has 0 unspecified atom stereocenters. The number of hydrogen-bond acceptors (Lipinski definition) is 3. The number of halogens is 4. The molecule has 0 amide bonds. The van der Waals surface area contributed by atoms with Gasteiger partial charge in [-0.2, -0.15) is 0 Å². The average molecular weight is 457 g/mol. The standard InChI is InChI=1S/2C3H4N2.C2H6OS.4ClH.Ru/c2*1-2-5-3-4-1;1-4(2)3;;;;;/h2*1-3H,(H,4,5);1-2H3;4*1H;/q;;;;;;;+3/p-4. The minimum Gasteiger partial charge on any atom is -1.00 e. The van der Waals surface area contributed by atoms with Crippen molar-refractivity contribution in [3.63, 3.8) is 0 Å².